The van der Waals surface area contributed by atoms with Crippen molar-refractivity contribution in [2.45, 2.75) is 52.7 Å². The van der Waals surface area contributed by atoms with Crippen LogP contribution in [0.1, 0.15) is 32.6 Å². The fourth-order valence-corrected chi connectivity index (χ4v) is 17.0. The van der Waals surface area contributed by atoms with E-state index < -0.39 is 199 Å². The summed E-state index contributed by atoms with van der Waals surface area (Å²) >= 11 is 0. The lowest BCUT2D eigenvalue weighted by atomic mass is 9.08. The molecular weight excluding hydrogens is 1330 g/mol. The van der Waals surface area contributed by atoms with Crippen LogP contribution >= 0.6 is 0 Å². The van der Waals surface area contributed by atoms with Crippen molar-refractivity contribution in [2.24, 2.45) is 5.92 Å². The molecule has 0 fully saturated rings. The first kappa shape index (κ1) is 69.0. The standard InChI is InChI=1S/C28H8BF20.C19H14OS.C13H11OS2.BF4/c30-13-5-1-9(17(34)21(13)38)25(42,43)29(26(44,45)10-2-6-14(31)22(39)18(10)35,27(46,47)11-3-7-15(32)23(40)19(11)36)28(48,49)12-4-8-16(33)24(41)20(12)37;20-19-15-10-4-6-12-17(15)21(14-8-2-1-3-9-14)18-13-7-5-11-16(18)19;1-15-10-6-2-4-8-12(10)16(14)13-9-5-3-7-11(13)15;2-1(3,4)5/h1-8H;1-13,15H;2-9H,1H3;/q-1;;+1;-1/p+1. The fraction of sp³-hybridized carbons (Fsp3) is 0.100. The summed E-state index contributed by atoms with van der Waals surface area (Å²) < 4.78 is 356. The maximum Gasteiger partial charge on any atom is 0.673 e. The van der Waals surface area contributed by atoms with E-state index in [0.29, 0.717) is 0 Å². The predicted octanol–water partition coefficient (Wildman–Crippen LogP) is 18.1. The van der Waals surface area contributed by atoms with E-state index in [-0.39, 0.29) is 22.6 Å². The van der Waals surface area contributed by atoms with E-state index in [1.54, 1.807) is 0 Å². The largest absolute Gasteiger partial charge is 0.673 e. The number of Topliss-reactive ketones (excluding diaryl/α,β-unsaturated/α-hetero) is 1. The van der Waals surface area contributed by atoms with Crippen LogP contribution in [0.2, 0.25) is 0 Å². The molecule has 3 aliphatic rings. The maximum absolute atomic E-state index is 16.7. The van der Waals surface area contributed by atoms with Crippen LogP contribution < -0.4 is 0 Å². The van der Waals surface area contributed by atoms with E-state index in [9.17, 15) is 79.0 Å². The molecular formula is C60H34B2F24O2S3. The average Bonchev–Trinajstić information content (AvgIpc) is 0.662. The summed E-state index contributed by atoms with van der Waals surface area (Å²) in [6.45, 7) is 0. The highest BCUT2D eigenvalue weighted by molar-refractivity contribution is 7.98. The highest BCUT2D eigenvalue weighted by atomic mass is 32.2. The van der Waals surface area contributed by atoms with Crippen molar-refractivity contribution >= 4 is 56.2 Å². The predicted molar refractivity (Wildman–Crippen MR) is 293 cm³/mol. The summed E-state index contributed by atoms with van der Waals surface area (Å²) in [6, 6.07) is 28.3. The van der Waals surface area contributed by atoms with E-state index in [0.717, 1.165) is 15.4 Å². The first-order chi connectivity index (χ1) is 42.5. The van der Waals surface area contributed by atoms with Crippen molar-refractivity contribution < 1.29 is 114 Å². The molecule has 91 heavy (non-hydrogen) atoms. The van der Waals surface area contributed by atoms with Crippen LogP contribution in [0.4, 0.5) is 105 Å². The van der Waals surface area contributed by atoms with Crippen LogP contribution in [0.15, 0.2) is 205 Å². The Morgan fingerprint density at radius 3 is 1.13 bits per heavy atom. The van der Waals surface area contributed by atoms with E-state index in [1.165, 1.54) is 24.4 Å². The number of rotatable bonds is 9. The summed E-state index contributed by atoms with van der Waals surface area (Å²) in [5.41, 5.74) is -12.9. The molecule has 0 amide bonds. The number of fused-ring (bicyclic) bond motifs is 4. The van der Waals surface area contributed by atoms with Gasteiger partial charge in [0, 0.05) is 22.3 Å². The smallest absolute Gasteiger partial charge is 0.418 e. The Balaban J connectivity index is 0.000000203. The third kappa shape index (κ3) is 12.2. The fourth-order valence-electron chi connectivity index (χ4n) is 10.4. The molecule has 0 radical (unpaired) electrons. The van der Waals surface area contributed by atoms with Gasteiger partial charge in [0.05, 0.1) is 37.0 Å². The quantitative estimate of drug-likeness (QED) is 0.0360. The summed E-state index contributed by atoms with van der Waals surface area (Å²) in [7, 11) is -7.57. The van der Waals surface area contributed by atoms with Gasteiger partial charge in [0.1, 0.15) is 26.8 Å². The molecule has 0 N–H and O–H groups in total. The molecule has 2 atom stereocenters. The summed E-state index contributed by atoms with van der Waals surface area (Å²) in [4.78, 5) is 20.9. The van der Waals surface area contributed by atoms with Crippen LogP contribution in [0.3, 0.4) is 0 Å². The third-order valence-electron chi connectivity index (χ3n) is 14.5. The van der Waals surface area contributed by atoms with Crippen molar-refractivity contribution in [1.29, 1.82) is 0 Å². The molecule has 2 aliphatic heterocycles. The number of thiol groups is 1. The van der Waals surface area contributed by atoms with Crippen LogP contribution in [0.5, 0.6) is 0 Å². The topological polar surface area (TPSA) is 34.1 Å². The molecule has 2 unspecified atom stereocenters. The Morgan fingerprint density at radius 1 is 0.429 bits per heavy atom. The zero-order valence-corrected chi connectivity index (χ0v) is 47.7. The van der Waals surface area contributed by atoms with Gasteiger partial charge in [0.25, 0.3) is 0 Å². The van der Waals surface area contributed by atoms with Crippen molar-refractivity contribution in [2.75, 3.05) is 6.26 Å². The van der Waals surface area contributed by atoms with E-state index in [1.807, 2.05) is 78.9 Å². The first-order valence-corrected chi connectivity index (χ1v) is 29.7. The second-order valence-electron chi connectivity index (χ2n) is 19.6. The van der Waals surface area contributed by atoms with Gasteiger partial charge in [0.2, 0.25) is 0 Å². The van der Waals surface area contributed by atoms with Crippen LogP contribution in [0.25, 0.3) is 0 Å². The molecule has 0 saturated heterocycles. The van der Waals surface area contributed by atoms with E-state index in [2.05, 4.69) is 54.8 Å². The second kappa shape index (κ2) is 26.0. The monoisotopic (exact) mass is 1360 g/mol. The molecule has 2 nitrogen and oxygen atoms in total. The van der Waals surface area contributed by atoms with Crippen molar-refractivity contribution in [1.82, 2.24) is 0 Å². The zero-order valence-electron chi connectivity index (χ0n) is 45.1. The molecule has 11 rings (SSSR count). The number of hydrogen-bond acceptors (Lipinski definition) is 2. The minimum atomic E-state index is -9.00. The van der Waals surface area contributed by atoms with Gasteiger partial charge < -0.3 is 17.3 Å². The van der Waals surface area contributed by atoms with Crippen LogP contribution in [-0.4, -0.2) is 34.5 Å². The number of allylic oxidation sites excluding steroid dienone is 4. The number of alkyl halides is 8. The number of ketones is 1. The second-order valence-corrected chi connectivity index (χ2v) is 25.1. The summed E-state index contributed by atoms with van der Waals surface area (Å²) in [5, 5.41) is 0. The van der Waals surface area contributed by atoms with E-state index in [4.69, 9.17) is 0 Å². The number of benzene rings is 8. The van der Waals surface area contributed by atoms with Gasteiger partial charge in [0.15, 0.2) is 109 Å². The summed E-state index contributed by atoms with van der Waals surface area (Å²) in [5.74, 6) is -66.6. The molecule has 8 aromatic carbocycles. The number of hydrogen-bond donors (Lipinski definition) is 0. The van der Waals surface area contributed by atoms with Gasteiger partial charge in [-0.25, -0.2) is 92.0 Å². The van der Waals surface area contributed by atoms with Crippen LogP contribution in [-0.2, 0) is 55.5 Å². The maximum atomic E-state index is 16.7. The highest BCUT2D eigenvalue weighted by Gasteiger charge is 2.86. The molecule has 8 aromatic rings. The Kier molecular flexibility index (Phi) is 19.7. The lowest BCUT2D eigenvalue weighted by Gasteiger charge is -2.58. The third-order valence-corrected chi connectivity index (χ3v) is 20.9. The molecule has 1 aliphatic carbocycles. The van der Waals surface area contributed by atoms with Crippen molar-refractivity contribution in [3.05, 3.63) is 274 Å². The lowest BCUT2D eigenvalue weighted by Crippen LogP contribution is -2.79. The van der Waals surface area contributed by atoms with Gasteiger partial charge in [-0.05, 0) is 78.9 Å². The van der Waals surface area contributed by atoms with Crippen molar-refractivity contribution in [3.8, 4) is 0 Å². The normalized spacial score (nSPS) is 17.0. The van der Waals surface area contributed by atoms with Gasteiger partial charge >= 0.3 is 13.4 Å². The number of carbonyl (C=O) groups is 1. The van der Waals surface area contributed by atoms with Gasteiger partial charge in [-0.3, -0.25) is 4.79 Å². The molecule has 31 heteroatoms. The zero-order chi connectivity index (χ0) is 67.2. The minimum Gasteiger partial charge on any atom is -0.418 e. The highest BCUT2D eigenvalue weighted by Crippen LogP contribution is 2.68. The van der Waals surface area contributed by atoms with Gasteiger partial charge in [-0.1, -0.05) is 108 Å². The minimum absolute atomic E-state index is 0.0462. The van der Waals surface area contributed by atoms with Gasteiger partial charge in [-0.2, -0.15) is 0 Å². The Morgan fingerprint density at radius 2 is 0.758 bits per heavy atom. The Bertz CT molecular complexity index is 3930. The lowest BCUT2D eigenvalue weighted by molar-refractivity contribution is -0.0917. The van der Waals surface area contributed by atoms with E-state index >= 15 is 35.1 Å². The number of carbonyl (C=O) groups excluding carboxylic acids is 1. The number of halogens is 24. The van der Waals surface area contributed by atoms with Gasteiger partial charge in [-0.15, -0.1) is 0 Å². The Hall–Kier alpha value is -7.92. The van der Waals surface area contributed by atoms with Crippen molar-refractivity contribution in [3.63, 3.8) is 0 Å². The molecule has 0 bridgehead atoms. The molecule has 2 heterocycles. The summed E-state index contributed by atoms with van der Waals surface area (Å²) in [6.07, 6.45) is 1.41. The van der Waals surface area contributed by atoms with Crippen LogP contribution in [0, 0.1) is 75.7 Å². The Labute approximate surface area is 506 Å². The first-order valence-electron chi connectivity index (χ1n) is 25.6. The molecule has 0 saturated carbocycles. The molecule has 478 valence electrons. The SMILES string of the molecule is C[S+]1c2ccccc2S(=O)c2ccccc21.F[B-](F)(F)F.Fc1ccc(C(F)(F)[B-](C(F)(F)c2ccc(F)c(F)c2F)(C(F)(F)c2ccc(F)c(F)c2F)C(F)(F)c2ccc(F)c(F)c2F)c(F)c1F.O=C1c2ccccc2[SH+](c2ccccc2)=C2C=CC=CC12. The average molecular weight is 1360 g/mol. The molecule has 0 aromatic heterocycles. The molecule has 0 spiro atoms.